The fraction of sp³-hybridized carbons (Fsp3) is 0.492. The number of rotatable bonds is 64. The lowest BCUT2D eigenvalue weighted by molar-refractivity contribution is -0.124. The SMILES string of the molecule is CCCCCCCCC(CCCCCC)CN1C(=O)C2=C(c3ccc(-c4ccc5ccc6cccc7ccc4c5c67)s3)N(CC(CCCCCC)CCCCCCCC)C(=O)C2=C1c1ccc(-c2ccc(-c3ccc(C4=C5C(=O)N(CC(CCCCCC)CCCCCCCC)C(c6ccc(-c7ccc8ccc9cccc%10ccc7c8c9%10)s6)=C5C(=O)N4CC(CCCCCC)CCCCCCCC)s3)cc2)s1. The van der Waals surface area contributed by atoms with Crippen molar-refractivity contribution < 1.29 is 19.2 Å². The highest BCUT2D eigenvalue weighted by Crippen LogP contribution is 2.56. The second-order valence-corrected chi connectivity index (χ2v) is 47.2. The Kier molecular flexibility index (Phi) is 37.9. The largest absolute Gasteiger partial charge is 0.306 e. The molecule has 4 amide bonds. The molecule has 750 valence electrons. The van der Waals surface area contributed by atoms with Crippen LogP contribution in [-0.4, -0.2) is 69.4 Å². The summed E-state index contributed by atoms with van der Waals surface area (Å²) >= 11 is 6.94. The van der Waals surface area contributed by atoms with E-state index in [1.54, 1.807) is 45.3 Å². The van der Waals surface area contributed by atoms with Gasteiger partial charge in [-0.25, -0.2) is 0 Å². The molecule has 0 aliphatic carbocycles. The smallest absolute Gasteiger partial charge is 0.261 e. The first-order chi connectivity index (χ1) is 69.9. The van der Waals surface area contributed by atoms with E-state index in [-0.39, 0.29) is 47.3 Å². The summed E-state index contributed by atoms with van der Waals surface area (Å²) in [5, 5.41) is 15.1. The standard InChI is InChI=1S/C130H162N4O4S4/c1-9-17-25-33-37-45-55-91(51-41-29-21-13-5)87-131-123(119-121(129(131)137)125(133(127(119)135)89-93(53-43-31-23-15-7)57-47-39-35-27-19-11-3)113-85-81-109(141-113)103-75-71-101-69-67-97-59-49-61-99-73-77-105(103)117(101)115(97)99)111-83-79-107(139-111)95-63-65-96(66-64-95)108-80-84-112(140-108)124-120-122(130(138)132(124)88-92(52-42-30-22-14-6)56-46-38-34-26-18-10-2)126(134(128(120)136)90-94(54-44-32-24-16-8)58-48-40-36-28-20-12-4)114-86-82-110(142-114)104-76-72-102-70-68-98-60-50-62-100-74-78-106(104)118(102)116(98)100/h49-50,59-86,91-94H,9-48,51-58,87-90H2,1-8H3. The molecule has 0 radical (unpaired) electrons. The van der Waals surface area contributed by atoms with Gasteiger partial charge in [-0.1, -0.05) is 446 Å². The third-order valence-corrected chi connectivity index (χ3v) is 36.8. The fourth-order valence-corrected chi connectivity index (χ4v) is 28.7. The molecule has 0 fully saturated rings. The summed E-state index contributed by atoms with van der Waals surface area (Å²) in [5.41, 5.74) is 10.1. The molecule has 142 heavy (non-hydrogen) atoms. The highest BCUT2D eigenvalue weighted by atomic mass is 32.1. The van der Waals surface area contributed by atoms with Gasteiger partial charge in [0.05, 0.1) is 64.6 Å². The van der Waals surface area contributed by atoms with E-state index >= 15 is 19.2 Å². The second kappa shape index (κ2) is 51.7. The first kappa shape index (κ1) is 104. The Balaban J connectivity index is 0.759. The lowest BCUT2D eigenvalue weighted by Gasteiger charge is -2.29. The van der Waals surface area contributed by atoms with Crippen molar-refractivity contribution in [1.82, 2.24) is 19.6 Å². The van der Waals surface area contributed by atoms with Crippen molar-refractivity contribution in [2.45, 2.75) is 364 Å². The molecule has 0 saturated carbocycles. The third kappa shape index (κ3) is 24.0. The van der Waals surface area contributed by atoms with E-state index in [0.717, 1.165) is 176 Å². The predicted octanol–water partition coefficient (Wildman–Crippen LogP) is 39.4. The summed E-state index contributed by atoms with van der Waals surface area (Å²) in [6, 6.07) is 67.8. The zero-order valence-electron chi connectivity index (χ0n) is 87.5. The van der Waals surface area contributed by atoms with Crippen LogP contribution in [0.15, 0.2) is 204 Å². The Bertz CT molecular complexity index is 6070. The highest BCUT2D eigenvalue weighted by Gasteiger charge is 2.53. The molecule has 4 unspecified atom stereocenters. The van der Waals surface area contributed by atoms with E-state index < -0.39 is 0 Å². The predicted molar refractivity (Wildman–Crippen MR) is 615 cm³/mol. The molecule has 4 aromatic heterocycles. The first-order valence-corrected chi connectivity index (χ1v) is 60.2. The van der Waals surface area contributed by atoms with E-state index in [1.165, 1.54) is 281 Å². The minimum Gasteiger partial charge on any atom is -0.306 e. The summed E-state index contributed by atoms with van der Waals surface area (Å²) < 4.78 is 0. The van der Waals surface area contributed by atoms with Crippen molar-refractivity contribution in [3.8, 4) is 41.8 Å². The van der Waals surface area contributed by atoms with E-state index in [0.29, 0.717) is 48.5 Å². The van der Waals surface area contributed by atoms with Crippen LogP contribution in [-0.2, 0) is 19.2 Å². The Labute approximate surface area is 867 Å². The number of nitrogens with zero attached hydrogens (tertiary/aromatic N) is 4. The van der Waals surface area contributed by atoms with Crippen molar-refractivity contribution in [1.29, 1.82) is 0 Å². The average Bonchev–Trinajstić information content (AvgIpc) is 1.53. The maximum Gasteiger partial charge on any atom is 0.261 e. The summed E-state index contributed by atoms with van der Waals surface area (Å²) in [4.78, 5) is 84.4. The quantitative estimate of drug-likeness (QED) is 0.0281. The zero-order valence-corrected chi connectivity index (χ0v) is 90.7. The number of carbonyl (C=O) groups is 4. The molecule has 4 aliphatic rings. The minimum atomic E-state index is -0.0203. The van der Waals surface area contributed by atoms with Crippen molar-refractivity contribution in [3.63, 3.8) is 0 Å². The average molecular weight is 1970 g/mol. The molecule has 4 atom stereocenters. The number of benzene rings is 9. The number of hydrogen-bond donors (Lipinski definition) is 0. The molecule has 13 aromatic rings. The summed E-state index contributed by atoms with van der Waals surface area (Å²) in [6.07, 6.45) is 56.6. The molecule has 8 nitrogen and oxygen atoms in total. The molecular formula is C130H162N4O4S4. The number of unbranched alkanes of at least 4 members (excludes halogenated alkanes) is 32. The molecule has 0 spiro atoms. The topological polar surface area (TPSA) is 81.2 Å². The van der Waals surface area contributed by atoms with Crippen molar-refractivity contribution in [3.05, 3.63) is 224 Å². The number of hydrogen-bond acceptors (Lipinski definition) is 8. The van der Waals surface area contributed by atoms with Gasteiger partial charge in [-0.15, -0.1) is 45.3 Å². The second-order valence-electron chi connectivity index (χ2n) is 42.8. The molecule has 0 saturated heterocycles. The molecule has 8 heterocycles. The monoisotopic (exact) mass is 1970 g/mol. The molecule has 12 heteroatoms. The Morgan fingerprint density at radius 2 is 0.394 bits per heavy atom. The van der Waals surface area contributed by atoms with Gasteiger partial charge in [0, 0.05) is 45.7 Å². The maximum atomic E-state index is 16.9. The minimum absolute atomic E-state index is 0.0203. The van der Waals surface area contributed by atoms with Crippen molar-refractivity contribution in [2.75, 3.05) is 26.2 Å². The van der Waals surface area contributed by atoms with Crippen LogP contribution in [0.2, 0.25) is 0 Å². The summed E-state index contributed by atoms with van der Waals surface area (Å²) in [5.74, 6) is 1.05. The van der Waals surface area contributed by atoms with Crippen LogP contribution in [0, 0.1) is 23.7 Å². The van der Waals surface area contributed by atoms with Gasteiger partial charge in [0.15, 0.2) is 0 Å². The van der Waals surface area contributed by atoms with Gasteiger partial charge in [-0.05, 0) is 210 Å². The van der Waals surface area contributed by atoms with Gasteiger partial charge < -0.3 is 19.6 Å². The zero-order chi connectivity index (χ0) is 98.2. The molecule has 4 aliphatic heterocycles. The highest BCUT2D eigenvalue weighted by molar-refractivity contribution is 7.18. The van der Waals surface area contributed by atoms with Crippen LogP contribution in [0.4, 0.5) is 0 Å². The molecule has 0 bridgehead atoms. The van der Waals surface area contributed by atoms with Crippen molar-refractivity contribution >= 4 is 156 Å². The van der Waals surface area contributed by atoms with Crippen LogP contribution < -0.4 is 0 Å². The van der Waals surface area contributed by atoms with Crippen LogP contribution in [0.25, 0.3) is 129 Å². The molecule has 9 aromatic carbocycles. The van der Waals surface area contributed by atoms with Gasteiger partial charge in [-0.2, -0.15) is 0 Å². The third-order valence-electron chi connectivity index (χ3n) is 32.3. The maximum absolute atomic E-state index is 16.9. The molecular weight excluding hydrogens is 1810 g/mol. The number of thiophene rings is 4. The van der Waals surface area contributed by atoms with Gasteiger partial charge in [0.2, 0.25) is 0 Å². The lowest BCUT2D eigenvalue weighted by Crippen LogP contribution is -2.34. The van der Waals surface area contributed by atoms with Gasteiger partial charge in [-0.3, -0.25) is 19.2 Å². The van der Waals surface area contributed by atoms with Gasteiger partial charge in [0.25, 0.3) is 23.6 Å². The van der Waals surface area contributed by atoms with Crippen LogP contribution in [0.1, 0.15) is 383 Å². The Morgan fingerprint density at radius 3 is 0.648 bits per heavy atom. The van der Waals surface area contributed by atoms with Gasteiger partial charge in [0.1, 0.15) is 0 Å². The van der Waals surface area contributed by atoms with E-state index in [9.17, 15) is 0 Å². The van der Waals surface area contributed by atoms with Crippen LogP contribution >= 0.6 is 45.3 Å². The van der Waals surface area contributed by atoms with E-state index in [2.05, 4.69) is 257 Å². The van der Waals surface area contributed by atoms with E-state index in [4.69, 9.17) is 0 Å². The van der Waals surface area contributed by atoms with Gasteiger partial charge >= 0.3 is 0 Å². The summed E-state index contributed by atoms with van der Waals surface area (Å²) in [6.45, 7) is 20.7. The number of fused-ring (bicyclic) bond motifs is 2. The van der Waals surface area contributed by atoms with Crippen LogP contribution in [0.3, 0.4) is 0 Å². The molecule has 0 N–H and O–H groups in total. The summed E-state index contributed by atoms with van der Waals surface area (Å²) in [7, 11) is 0. The van der Waals surface area contributed by atoms with Crippen LogP contribution in [0.5, 0.6) is 0 Å². The first-order valence-electron chi connectivity index (χ1n) is 57.0. The Hall–Kier alpha value is -9.30. The Morgan fingerprint density at radius 1 is 0.197 bits per heavy atom. The fourth-order valence-electron chi connectivity index (χ4n) is 24.3. The molecule has 17 rings (SSSR count). The van der Waals surface area contributed by atoms with E-state index in [1.807, 2.05) is 0 Å². The normalized spacial score (nSPS) is 15.2. The number of amides is 4. The van der Waals surface area contributed by atoms with Crippen molar-refractivity contribution in [2.24, 2.45) is 23.7 Å². The lowest BCUT2D eigenvalue weighted by atomic mass is 9.91. The number of carbonyl (C=O) groups excluding carboxylic acids is 4.